The zero-order valence-corrected chi connectivity index (χ0v) is 16.0. The Morgan fingerprint density at radius 3 is 2.74 bits per heavy atom. The lowest BCUT2D eigenvalue weighted by Crippen LogP contribution is -2.47. The van der Waals surface area contributed by atoms with Crippen LogP contribution in [-0.2, 0) is 26.4 Å². The highest BCUT2D eigenvalue weighted by Gasteiger charge is 2.22. The topological polar surface area (TPSA) is 45.5 Å². The summed E-state index contributed by atoms with van der Waals surface area (Å²) in [6.45, 7) is 9.63. The Bertz CT molecular complexity index is 537. The predicted molar refractivity (Wildman–Crippen MR) is 100 cm³/mol. The average Bonchev–Trinajstić information content (AvgIpc) is 2.90. The summed E-state index contributed by atoms with van der Waals surface area (Å²) in [5.74, 6) is 2.21. The third kappa shape index (κ3) is 4.22. The summed E-state index contributed by atoms with van der Waals surface area (Å²) in [6.07, 6.45) is 3.21. The van der Waals surface area contributed by atoms with Crippen LogP contribution in [-0.4, -0.2) is 51.8 Å². The minimum Gasteiger partial charge on any atom is -0.352 e. The molecule has 2 heterocycles. The van der Waals surface area contributed by atoms with Gasteiger partial charge in [0.15, 0.2) is 5.96 Å². The van der Waals surface area contributed by atoms with E-state index in [0.717, 1.165) is 43.7 Å². The Labute approximate surface area is 144 Å². The maximum atomic E-state index is 4.66. The molecule has 0 amide bonds. The molecule has 0 saturated carbocycles. The van der Waals surface area contributed by atoms with Crippen molar-refractivity contribution in [3.8, 4) is 0 Å². The van der Waals surface area contributed by atoms with E-state index in [-0.39, 0.29) is 0 Å². The van der Waals surface area contributed by atoms with Crippen molar-refractivity contribution < 1.29 is 0 Å². The second-order valence-electron chi connectivity index (χ2n) is 5.95. The van der Waals surface area contributed by atoms with Crippen molar-refractivity contribution >= 4 is 17.7 Å². The molecule has 0 aromatic carbocycles. The van der Waals surface area contributed by atoms with Gasteiger partial charge in [-0.15, -0.1) is 0 Å². The van der Waals surface area contributed by atoms with E-state index in [9.17, 15) is 0 Å². The monoisotopic (exact) mass is 337 g/mol. The minimum atomic E-state index is 0.720. The third-order valence-corrected chi connectivity index (χ3v) is 5.93. The summed E-state index contributed by atoms with van der Waals surface area (Å²) in [5.41, 5.74) is 3.87. The van der Waals surface area contributed by atoms with Gasteiger partial charge in [-0.05, 0) is 19.3 Å². The Balaban J connectivity index is 2.06. The van der Waals surface area contributed by atoms with Gasteiger partial charge in [0.25, 0.3) is 0 Å². The molecule has 1 fully saturated rings. The number of guanidine groups is 1. The third-order valence-electron chi connectivity index (χ3n) is 4.56. The van der Waals surface area contributed by atoms with Gasteiger partial charge < -0.3 is 10.2 Å². The summed E-state index contributed by atoms with van der Waals surface area (Å²) in [4.78, 5) is 6.91. The molecule has 1 unspecified atom stereocenters. The minimum absolute atomic E-state index is 0.720. The van der Waals surface area contributed by atoms with Gasteiger partial charge in [-0.3, -0.25) is 9.67 Å². The van der Waals surface area contributed by atoms with Gasteiger partial charge in [-0.1, -0.05) is 20.8 Å². The van der Waals surface area contributed by atoms with Crippen molar-refractivity contribution in [1.82, 2.24) is 20.0 Å². The number of thioether (sulfide) groups is 1. The molecule has 1 aliphatic heterocycles. The van der Waals surface area contributed by atoms with Crippen LogP contribution in [0.25, 0.3) is 0 Å². The van der Waals surface area contributed by atoms with E-state index in [1.807, 2.05) is 18.8 Å². The average molecular weight is 338 g/mol. The van der Waals surface area contributed by atoms with Gasteiger partial charge >= 0.3 is 0 Å². The maximum absolute atomic E-state index is 4.66. The summed E-state index contributed by atoms with van der Waals surface area (Å²) in [7, 11) is 3.93. The van der Waals surface area contributed by atoms with Crippen LogP contribution in [0.3, 0.4) is 0 Å². The van der Waals surface area contributed by atoms with Crippen molar-refractivity contribution in [2.45, 2.75) is 51.8 Å². The van der Waals surface area contributed by atoms with Crippen LogP contribution in [0, 0.1) is 0 Å². The van der Waals surface area contributed by atoms with Gasteiger partial charge in [-0.25, -0.2) is 0 Å². The number of nitrogens with one attached hydrogen (secondary N) is 1. The molecule has 1 atom stereocenters. The van der Waals surface area contributed by atoms with Gasteiger partial charge in [0.2, 0.25) is 0 Å². The Morgan fingerprint density at radius 1 is 1.35 bits per heavy atom. The summed E-state index contributed by atoms with van der Waals surface area (Å²) < 4.78 is 2.03. The first-order valence-electron chi connectivity index (χ1n) is 8.75. The van der Waals surface area contributed by atoms with Crippen LogP contribution in [0.1, 0.15) is 44.1 Å². The van der Waals surface area contributed by atoms with Crippen LogP contribution in [0.15, 0.2) is 4.99 Å². The molecular formula is C17H31N5S. The summed E-state index contributed by atoms with van der Waals surface area (Å²) in [5, 5.41) is 8.96. The Morgan fingerprint density at radius 2 is 2.13 bits per heavy atom. The zero-order valence-electron chi connectivity index (χ0n) is 15.2. The lowest BCUT2D eigenvalue weighted by atomic mass is 10.1. The van der Waals surface area contributed by atoms with E-state index in [4.69, 9.17) is 0 Å². The molecule has 0 radical (unpaired) electrons. The van der Waals surface area contributed by atoms with E-state index in [2.05, 4.69) is 52.8 Å². The highest BCUT2D eigenvalue weighted by molar-refractivity contribution is 8.00. The fourth-order valence-corrected chi connectivity index (χ4v) is 4.43. The Kier molecular flexibility index (Phi) is 6.81. The molecule has 1 saturated heterocycles. The van der Waals surface area contributed by atoms with Crippen LogP contribution < -0.4 is 5.32 Å². The number of aliphatic imine (C=N–C) groups is 1. The van der Waals surface area contributed by atoms with Gasteiger partial charge in [0, 0.05) is 56.0 Å². The Hall–Kier alpha value is -1.17. The predicted octanol–water partition coefficient (Wildman–Crippen LogP) is 2.45. The fourth-order valence-electron chi connectivity index (χ4n) is 3.25. The first kappa shape index (κ1) is 18.2. The molecule has 2 rings (SSSR count). The van der Waals surface area contributed by atoms with E-state index >= 15 is 0 Å². The first-order valence-corrected chi connectivity index (χ1v) is 9.80. The quantitative estimate of drug-likeness (QED) is 0.662. The van der Waals surface area contributed by atoms with Gasteiger partial charge in [0.05, 0.1) is 5.69 Å². The number of aromatic nitrogens is 2. The van der Waals surface area contributed by atoms with E-state index < -0.39 is 0 Å². The fraction of sp³-hybridized carbons (Fsp3) is 0.765. The number of hydrogen-bond donors (Lipinski definition) is 1. The smallest absolute Gasteiger partial charge is 0.193 e. The molecule has 5 nitrogen and oxygen atoms in total. The van der Waals surface area contributed by atoms with Crippen LogP contribution >= 0.6 is 11.8 Å². The van der Waals surface area contributed by atoms with Gasteiger partial charge in [-0.2, -0.15) is 16.9 Å². The first-order chi connectivity index (χ1) is 11.1. The molecule has 0 spiro atoms. The van der Waals surface area contributed by atoms with Gasteiger partial charge in [0.1, 0.15) is 0 Å². The van der Waals surface area contributed by atoms with Crippen LogP contribution in [0.4, 0.5) is 0 Å². The lowest BCUT2D eigenvalue weighted by molar-refractivity contribution is 0.408. The highest BCUT2D eigenvalue weighted by Crippen LogP contribution is 2.21. The van der Waals surface area contributed by atoms with Crippen molar-refractivity contribution in [2.75, 3.05) is 25.9 Å². The van der Waals surface area contributed by atoms with Crippen LogP contribution in [0.2, 0.25) is 0 Å². The number of aryl methyl sites for hydroxylation is 2. The van der Waals surface area contributed by atoms with E-state index in [1.165, 1.54) is 29.1 Å². The maximum Gasteiger partial charge on any atom is 0.193 e. The normalized spacial score (nSPS) is 19.3. The summed E-state index contributed by atoms with van der Waals surface area (Å²) in [6, 6.07) is 0. The van der Waals surface area contributed by atoms with Crippen molar-refractivity contribution in [3.63, 3.8) is 0 Å². The van der Waals surface area contributed by atoms with Crippen molar-refractivity contribution in [3.05, 3.63) is 17.0 Å². The molecule has 1 aliphatic rings. The molecule has 0 aliphatic carbocycles. The SMILES string of the molecule is CCc1nn(C)c(CC)c1CNC(=NC)N1CCSC(CC)C1. The molecular weight excluding hydrogens is 306 g/mol. The molecule has 0 bridgehead atoms. The van der Waals surface area contributed by atoms with E-state index in [1.54, 1.807) is 0 Å². The summed E-state index contributed by atoms with van der Waals surface area (Å²) >= 11 is 2.09. The standard InChI is InChI=1S/C17H31N5S/c1-6-13-12-22(9-10-23-13)17(18-4)19-11-14-15(7-2)20-21(5)16(14)8-3/h13H,6-12H2,1-5H3,(H,18,19). The lowest BCUT2D eigenvalue weighted by Gasteiger charge is -2.34. The molecule has 1 aromatic heterocycles. The molecule has 23 heavy (non-hydrogen) atoms. The second-order valence-corrected chi connectivity index (χ2v) is 7.36. The van der Waals surface area contributed by atoms with Crippen LogP contribution in [0.5, 0.6) is 0 Å². The number of nitrogens with zero attached hydrogens (tertiary/aromatic N) is 4. The highest BCUT2D eigenvalue weighted by atomic mass is 32.2. The van der Waals surface area contributed by atoms with Crippen molar-refractivity contribution in [1.29, 1.82) is 0 Å². The molecule has 130 valence electrons. The molecule has 6 heteroatoms. The second kappa shape index (κ2) is 8.62. The number of rotatable bonds is 5. The number of hydrogen-bond acceptors (Lipinski definition) is 3. The zero-order chi connectivity index (χ0) is 16.8. The molecule has 1 aromatic rings. The van der Waals surface area contributed by atoms with Crippen molar-refractivity contribution in [2.24, 2.45) is 12.0 Å². The largest absolute Gasteiger partial charge is 0.352 e. The van der Waals surface area contributed by atoms with E-state index in [0.29, 0.717) is 0 Å². The molecule has 1 N–H and O–H groups in total.